The van der Waals surface area contributed by atoms with Crippen LogP contribution in [-0.2, 0) is 17.9 Å². The zero-order valence-electron chi connectivity index (χ0n) is 15.1. The van der Waals surface area contributed by atoms with E-state index in [1.165, 1.54) is 11.3 Å². The molecule has 2 N–H and O–H groups in total. The maximum Gasteiger partial charge on any atom is 0.251 e. The maximum atomic E-state index is 12.1. The van der Waals surface area contributed by atoms with Crippen molar-refractivity contribution in [2.24, 2.45) is 0 Å². The molecule has 0 bridgehead atoms. The van der Waals surface area contributed by atoms with E-state index < -0.39 is 0 Å². The summed E-state index contributed by atoms with van der Waals surface area (Å²) >= 11 is 1.49. The molecule has 0 saturated heterocycles. The topological polar surface area (TPSA) is 97.1 Å². The summed E-state index contributed by atoms with van der Waals surface area (Å²) in [5.41, 5.74) is 1.68. The van der Waals surface area contributed by atoms with Crippen LogP contribution >= 0.6 is 11.3 Å². The molecule has 0 spiro atoms. The molecule has 2 heterocycles. The molecule has 2 amide bonds. The van der Waals surface area contributed by atoms with E-state index >= 15 is 0 Å². The lowest BCUT2D eigenvalue weighted by atomic mass is 10.1. The van der Waals surface area contributed by atoms with Crippen molar-refractivity contribution in [3.05, 3.63) is 58.3 Å². The summed E-state index contributed by atoms with van der Waals surface area (Å²) in [5.74, 6) is 0.614. The van der Waals surface area contributed by atoms with Crippen molar-refractivity contribution >= 4 is 23.2 Å². The van der Waals surface area contributed by atoms with Crippen molar-refractivity contribution in [1.82, 2.24) is 20.8 Å². The van der Waals surface area contributed by atoms with Crippen molar-refractivity contribution in [1.29, 1.82) is 0 Å². The molecule has 3 rings (SSSR count). The normalized spacial score (nSPS) is 10.6. The Morgan fingerprint density at radius 2 is 1.85 bits per heavy atom. The van der Waals surface area contributed by atoms with Crippen molar-refractivity contribution in [2.75, 3.05) is 0 Å². The van der Waals surface area contributed by atoms with Crippen LogP contribution in [0.15, 0.2) is 40.9 Å². The van der Waals surface area contributed by atoms with Gasteiger partial charge in [0.2, 0.25) is 17.6 Å². The van der Waals surface area contributed by atoms with Crippen molar-refractivity contribution in [3.8, 4) is 10.7 Å². The first-order valence-electron chi connectivity index (χ1n) is 8.58. The maximum absolute atomic E-state index is 12.1. The molecule has 8 heteroatoms. The summed E-state index contributed by atoms with van der Waals surface area (Å²) in [6.07, 6.45) is 0.459. The Hall–Kier alpha value is -3.00. The Kier molecular flexibility index (Phi) is 5.97. The van der Waals surface area contributed by atoms with Crippen LogP contribution in [0, 0.1) is 6.92 Å². The number of aryl methyl sites for hydroxylation is 1. The number of thiophene rings is 1. The third-order valence-corrected chi connectivity index (χ3v) is 4.93. The molecule has 7 nitrogen and oxygen atoms in total. The van der Waals surface area contributed by atoms with E-state index in [-0.39, 0.29) is 18.4 Å². The van der Waals surface area contributed by atoms with Crippen LogP contribution in [0.2, 0.25) is 0 Å². The number of nitrogens with one attached hydrogen (secondary N) is 2. The van der Waals surface area contributed by atoms with E-state index in [1.54, 1.807) is 12.1 Å². The number of nitrogens with zero attached hydrogens (tertiary/aromatic N) is 2. The average Bonchev–Trinajstić information content (AvgIpc) is 3.34. The smallest absolute Gasteiger partial charge is 0.251 e. The average molecular weight is 384 g/mol. The highest BCUT2D eigenvalue weighted by Gasteiger charge is 2.13. The van der Waals surface area contributed by atoms with E-state index in [0.29, 0.717) is 30.2 Å². The number of carbonyl (C=O) groups excluding carboxylic acids is 2. The lowest BCUT2D eigenvalue weighted by molar-refractivity contribution is -0.120. The van der Waals surface area contributed by atoms with Crippen LogP contribution in [0.1, 0.15) is 40.0 Å². The Morgan fingerprint density at radius 1 is 1.07 bits per heavy atom. The second kappa shape index (κ2) is 8.59. The summed E-state index contributed by atoms with van der Waals surface area (Å²) < 4.78 is 5.21. The second-order valence-corrected chi connectivity index (χ2v) is 7.12. The van der Waals surface area contributed by atoms with Gasteiger partial charge < -0.3 is 15.2 Å². The highest BCUT2D eigenvalue weighted by Crippen LogP contribution is 2.25. The SMILES string of the molecule is CCC(=O)NCc1ccc(-c2noc(CNC(=O)c3ccc(C)cc3)n2)s1. The Balaban J connectivity index is 1.57. The van der Waals surface area contributed by atoms with Gasteiger partial charge in [-0.2, -0.15) is 4.98 Å². The Labute approximate surface area is 160 Å². The molecule has 0 atom stereocenters. The predicted molar refractivity (Wildman–Crippen MR) is 102 cm³/mol. The molecule has 0 aliphatic carbocycles. The summed E-state index contributed by atoms with van der Waals surface area (Å²) in [7, 11) is 0. The minimum absolute atomic E-state index is 0.0103. The van der Waals surface area contributed by atoms with Gasteiger partial charge in [-0.1, -0.05) is 29.8 Å². The minimum atomic E-state index is -0.195. The number of carbonyl (C=O) groups is 2. The lowest BCUT2D eigenvalue weighted by Gasteiger charge is -2.02. The van der Waals surface area contributed by atoms with E-state index in [1.807, 2.05) is 38.1 Å². The summed E-state index contributed by atoms with van der Waals surface area (Å²) in [6, 6.07) is 11.1. The fraction of sp³-hybridized carbons (Fsp3) is 0.263. The number of benzene rings is 1. The Morgan fingerprint density at radius 3 is 2.59 bits per heavy atom. The van der Waals surface area contributed by atoms with Gasteiger partial charge in [-0.25, -0.2) is 0 Å². The third kappa shape index (κ3) is 5.01. The highest BCUT2D eigenvalue weighted by molar-refractivity contribution is 7.15. The molecular weight excluding hydrogens is 364 g/mol. The van der Waals surface area contributed by atoms with Gasteiger partial charge in [0.05, 0.1) is 18.0 Å². The molecular formula is C19H20N4O3S. The van der Waals surface area contributed by atoms with Gasteiger partial charge in [0.1, 0.15) is 0 Å². The fourth-order valence-electron chi connectivity index (χ4n) is 2.29. The first kappa shape index (κ1) is 18.8. The van der Waals surface area contributed by atoms with Crippen molar-refractivity contribution < 1.29 is 14.1 Å². The predicted octanol–water partition coefficient (Wildman–Crippen LogP) is 3.06. The van der Waals surface area contributed by atoms with Crippen LogP contribution in [0.25, 0.3) is 10.7 Å². The van der Waals surface area contributed by atoms with Crippen LogP contribution in [0.4, 0.5) is 0 Å². The zero-order chi connectivity index (χ0) is 19.2. The fourth-order valence-corrected chi connectivity index (χ4v) is 3.17. The molecule has 2 aromatic heterocycles. The molecule has 1 aromatic carbocycles. The number of hydrogen-bond donors (Lipinski definition) is 2. The lowest BCUT2D eigenvalue weighted by Crippen LogP contribution is -2.22. The molecule has 0 radical (unpaired) electrons. The number of aromatic nitrogens is 2. The molecule has 0 fully saturated rings. The van der Waals surface area contributed by atoms with Gasteiger partial charge in [0, 0.05) is 16.9 Å². The highest BCUT2D eigenvalue weighted by atomic mass is 32.1. The molecule has 0 aliphatic heterocycles. The van der Waals surface area contributed by atoms with Crippen LogP contribution < -0.4 is 10.6 Å². The largest absolute Gasteiger partial charge is 0.351 e. The molecule has 0 aliphatic rings. The Bertz CT molecular complexity index is 931. The third-order valence-electron chi connectivity index (χ3n) is 3.84. The van der Waals surface area contributed by atoms with Gasteiger partial charge in [-0.05, 0) is 31.2 Å². The molecule has 0 unspecified atom stereocenters. The first-order chi connectivity index (χ1) is 13.0. The number of hydrogen-bond acceptors (Lipinski definition) is 6. The molecule has 0 saturated carbocycles. The van der Waals surface area contributed by atoms with Gasteiger partial charge in [0.25, 0.3) is 5.91 Å². The van der Waals surface area contributed by atoms with Gasteiger partial charge >= 0.3 is 0 Å². The molecule has 27 heavy (non-hydrogen) atoms. The van der Waals surface area contributed by atoms with E-state index in [0.717, 1.165) is 15.3 Å². The second-order valence-electron chi connectivity index (χ2n) is 5.96. The molecule has 140 valence electrons. The van der Waals surface area contributed by atoms with E-state index in [9.17, 15) is 9.59 Å². The minimum Gasteiger partial charge on any atom is -0.351 e. The first-order valence-corrected chi connectivity index (χ1v) is 9.40. The van der Waals surface area contributed by atoms with E-state index in [2.05, 4.69) is 20.8 Å². The van der Waals surface area contributed by atoms with E-state index in [4.69, 9.17) is 4.52 Å². The van der Waals surface area contributed by atoms with Crippen molar-refractivity contribution in [3.63, 3.8) is 0 Å². The number of amides is 2. The van der Waals surface area contributed by atoms with Gasteiger partial charge in [-0.3, -0.25) is 9.59 Å². The van der Waals surface area contributed by atoms with Crippen molar-refractivity contribution in [2.45, 2.75) is 33.4 Å². The monoisotopic (exact) mass is 384 g/mol. The summed E-state index contributed by atoms with van der Waals surface area (Å²) in [5, 5.41) is 9.55. The standard InChI is InChI=1S/C19H20N4O3S/c1-3-16(24)20-10-14-8-9-15(27-14)18-22-17(26-23-18)11-21-19(25)13-6-4-12(2)5-7-13/h4-9H,3,10-11H2,1-2H3,(H,20,24)(H,21,25). The molecule has 3 aromatic rings. The number of rotatable bonds is 7. The quantitative estimate of drug-likeness (QED) is 0.652. The zero-order valence-corrected chi connectivity index (χ0v) is 15.9. The van der Waals surface area contributed by atoms with Crippen LogP contribution in [0.5, 0.6) is 0 Å². The van der Waals surface area contributed by atoms with Crippen LogP contribution in [-0.4, -0.2) is 22.0 Å². The summed E-state index contributed by atoms with van der Waals surface area (Å²) in [6.45, 7) is 4.42. The van der Waals surface area contributed by atoms with Gasteiger partial charge in [0.15, 0.2) is 0 Å². The van der Waals surface area contributed by atoms with Crippen LogP contribution in [0.3, 0.4) is 0 Å². The summed E-state index contributed by atoms with van der Waals surface area (Å²) in [4.78, 5) is 29.6. The van der Waals surface area contributed by atoms with Gasteiger partial charge in [-0.15, -0.1) is 11.3 Å².